The summed E-state index contributed by atoms with van der Waals surface area (Å²) in [5.74, 6) is 1.23. The summed E-state index contributed by atoms with van der Waals surface area (Å²) in [5, 5.41) is 3.11. The molecule has 0 heterocycles. The lowest BCUT2D eigenvalue weighted by molar-refractivity contribution is -0.121. The summed E-state index contributed by atoms with van der Waals surface area (Å²) >= 11 is 5.55. The lowest BCUT2D eigenvalue weighted by Crippen LogP contribution is -2.40. The van der Waals surface area contributed by atoms with E-state index in [-0.39, 0.29) is 5.91 Å². The third kappa shape index (κ3) is 4.42. The van der Waals surface area contributed by atoms with Crippen LogP contribution in [0.4, 0.5) is 0 Å². The van der Waals surface area contributed by atoms with E-state index in [0.29, 0.717) is 24.3 Å². The van der Waals surface area contributed by atoms with Crippen molar-refractivity contribution in [3.63, 3.8) is 0 Å². The SMILES string of the molecule is CCC(NC(=O)CCCl)C1CCCCC1. The van der Waals surface area contributed by atoms with Crippen molar-refractivity contribution in [2.24, 2.45) is 5.92 Å². The predicted molar refractivity (Wildman–Crippen MR) is 64.1 cm³/mol. The molecule has 0 aliphatic heterocycles. The van der Waals surface area contributed by atoms with E-state index in [0.717, 1.165) is 6.42 Å². The van der Waals surface area contributed by atoms with Crippen molar-refractivity contribution < 1.29 is 4.79 Å². The number of hydrogen-bond donors (Lipinski definition) is 1. The zero-order chi connectivity index (χ0) is 11.1. The van der Waals surface area contributed by atoms with E-state index in [2.05, 4.69) is 12.2 Å². The highest BCUT2D eigenvalue weighted by atomic mass is 35.5. The van der Waals surface area contributed by atoms with Gasteiger partial charge in [0.1, 0.15) is 0 Å². The molecule has 1 saturated carbocycles. The molecule has 0 saturated heterocycles. The van der Waals surface area contributed by atoms with Gasteiger partial charge in [-0.15, -0.1) is 11.6 Å². The van der Waals surface area contributed by atoms with Crippen molar-refractivity contribution in [1.82, 2.24) is 5.32 Å². The van der Waals surface area contributed by atoms with Gasteiger partial charge in [-0.1, -0.05) is 26.2 Å². The lowest BCUT2D eigenvalue weighted by Gasteiger charge is -2.30. The number of nitrogens with one attached hydrogen (secondary N) is 1. The van der Waals surface area contributed by atoms with Crippen LogP contribution in [0.3, 0.4) is 0 Å². The van der Waals surface area contributed by atoms with E-state index in [1.165, 1.54) is 32.1 Å². The summed E-state index contributed by atoms with van der Waals surface area (Å²) in [6.07, 6.45) is 8.06. The Labute approximate surface area is 97.8 Å². The second-order valence-corrected chi connectivity index (χ2v) is 4.80. The van der Waals surface area contributed by atoms with Crippen molar-refractivity contribution >= 4 is 17.5 Å². The van der Waals surface area contributed by atoms with Gasteiger partial charge in [0.05, 0.1) is 0 Å². The maximum absolute atomic E-state index is 11.5. The first kappa shape index (κ1) is 12.8. The summed E-state index contributed by atoms with van der Waals surface area (Å²) in [6.45, 7) is 2.15. The lowest BCUT2D eigenvalue weighted by atomic mass is 9.83. The van der Waals surface area contributed by atoms with Crippen LogP contribution in [0.25, 0.3) is 0 Å². The van der Waals surface area contributed by atoms with Crippen LogP contribution < -0.4 is 5.32 Å². The Morgan fingerprint density at radius 2 is 2.07 bits per heavy atom. The largest absolute Gasteiger partial charge is 0.353 e. The Hall–Kier alpha value is -0.240. The molecule has 0 aromatic rings. The molecule has 0 aromatic carbocycles. The van der Waals surface area contributed by atoms with Gasteiger partial charge >= 0.3 is 0 Å². The van der Waals surface area contributed by atoms with E-state index in [4.69, 9.17) is 11.6 Å². The normalized spacial score (nSPS) is 19.9. The molecular weight excluding hydrogens is 210 g/mol. The summed E-state index contributed by atoms with van der Waals surface area (Å²) in [5.41, 5.74) is 0. The molecule has 1 amide bonds. The third-order valence-electron chi connectivity index (χ3n) is 3.33. The van der Waals surface area contributed by atoms with Gasteiger partial charge in [0.2, 0.25) is 5.91 Å². The van der Waals surface area contributed by atoms with Crippen molar-refractivity contribution in [2.45, 2.75) is 57.9 Å². The quantitative estimate of drug-likeness (QED) is 0.724. The van der Waals surface area contributed by atoms with Crippen molar-refractivity contribution in [2.75, 3.05) is 5.88 Å². The van der Waals surface area contributed by atoms with Gasteiger partial charge in [-0.3, -0.25) is 4.79 Å². The standard InChI is InChI=1S/C12H22ClNO/c1-2-11(14-12(15)8-9-13)10-6-4-3-5-7-10/h10-11H,2-9H2,1H3,(H,14,15). The monoisotopic (exact) mass is 231 g/mol. The molecule has 0 aromatic heterocycles. The fourth-order valence-electron chi connectivity index (χ4n) is 2.45. The van der Waals surface area contributed by atoms with Crippen LogP contribution in [0.1, 0.15) is 51.9 Å². The summed E-state index contributed by atoms with van der Waals surface area (Å²) in [6, 6.07) is 0.376. The third-order valence-corrected chi connectivity index (χ3v) is 3.52. The minimum Gasteiger partial charge on any atom is -0.353 e. The molecule has 3 heteroatoms. The number of halogens is 1. The summed E-state index contributed by atoms with van der Waals surface area (Å²) in [4.78, 5) is 11.5. The first-order chi connectivity index (χ1) is 7.27. The van der Waals surface area contributed by atoms with E-state index >= 15 is 0 Å². The molecule has 0 radical (unpaired) electrons. The molecule has 1 fully saturated rings. The smallest absolute Gasteiger partial charge is 0.221 e. The van der Waals surface area contributed by atoms with Crippen molar-refractivity contribution in [3.8, 4) is 0 Å². The highest BCUT2D eigenvalue weighted by molar-refractivity contribution is 6.18. The van der Waals surface area contributed by atoms with Crippen LogP contribution in [0, 0.1) is 5.92 Å². The molecule has 15 heavy (non-hydrogen) atoms. The van der Waals surface area contributed by atoms with Gasteiger partial charge in [0.25, 0.3) is 0 Å². The molecule has 1 atom stereocenters. The van der Waals surface area contributed by atoms with Crippen LogP contribution in [0.15, 0.2) is 0 Å². The minimum atomic E-state index is 0.113. The van der Waals surface area contributed by atoms with Gasteiger partial charge in [0, 0.05) is 18.3 Å². The maximum Gasteiger partial charge on any atom is 0.221 e. The van der Waals surface area contributed by atoms with E-state index in [1.807, 2.05) is 0 Å². The predicted octanol–water partition coefficient (Wildman–Crippen LogP) is 3.09. The van der Waals surface area contributed by atoms with Gasteiger partial charge in [-0.05, 0) is 25.2 Å². The van der Waals surface area contributed by atoms with Crippen molar-refractivity contribution in [1.29, 1.82) is 0 Å². The Bertz CT molecular complexity index is 190. The number of carbonyl (C=O) groups excluding carboxylic acids is 1. The second kappa shape index (κ2) is 7.10. The Morgan fingerprint density at radius 3 is 2.60 bits per heavy atom. The Morgan fingerprint density at radius 1 is 1.40 bits per heavy atom. The molecule has 1 N–H and O–H groups in total. The first-order valence-corrected chi connectivity index (χ1v) is 6.66. The van der Waals surface area contributed by atoms with Gasteiger partial charge in [0.15, 0.2) is 0 Å². The molecule has 0 bridgehead atoms. The fraction of sp³-hybridized carbons (Fsp3) is 0.917. The minimum absolute atomic E-state index is 0.113. The number of hydrogen-bond acceptors (Lipinski definition) is 1. The van der Waals surface area contributed by atoms with E-state index in [9.17, 15) is 4.79 Å². The zero-order valence-corrected chi connectivity index (χ0v) is 10.4. The van der Waals surface area contributed by atoms with Crippen LogP contribution in [-0.4, -0.2) is 17.8 Å². The van der Waals surface area contributed by atoms with Crippen LogP contribution in [0.5, 0.6) is 0 Å². The zero-order valence-electron chi connectivity index (χ0n) is 9.60. The van der Waals surface area contributed by atoms with Crippen molar-refractivity contribution in [3.05, 3.63) is 0 Å². The molecule has 1 aliphatic carbocycles. The number of carbonyl (C=O) groups is 1. The summed E-state index contributed by atoms with van der Waals surface area (Å²) < 4.78 is 0. The highest BCUT2D eigenvalue weighted by Gasteiger charge is 2.23. The molecule has 1 rings (SSSR count). The number of rotatable bonds is 5. The number of alkyl halides is 1. The first-order valence-electron chi connectivity index (χ1n) is 6.13. The molecular formula is C12H22ClNO. The maximum atomic E-state index is 11.5. The van der Waals surface area contributed by atoms with Crippen LogP contribution >= 0.6 is 11.6 Å². The molecule has 1 unspecified atom stereocenters. The summed E-state index contributed by atoms with van der Waals surface area (Å²) in [7, 11) is 0. The molecule has 88 valence electrons. The van der Waals surface area contributed by atoms with E-state index < -0.39 is 0 Å². The van der Waals surface area contributed by atoms with Gasteiger partial charge in [-0.25, -0.2) is 0 Å². The molecule has 0 spiro atoms. The van der Waals surface area contributed by atoms with Gasteiger partial charge in [-0.2, -0.15) is 0 Å². The van der Waals surface area contributed by atoms with Crippen LogP contribution in [0.2, 0.25) is 0 Å². The fourth-order valence-corrected chi connectivity index (χ4v) is 2.63. The Balaban J connectivity index is 2.36. The van der Waals surface area contributed by atoms with Crippen LogP contribution in [-0.2, 0) is 4.79 Å². The van der Waals surface area contributed by atoms with Gasteiger partial charge < -0.3 is 5.32 Å². The Kier molecular flexibility index (Phi) is 6.07. The molecule has 1 aliphatic rings. The van der Waals surface area contributed by atoms with E-state index in [1.54, 1.807) is 0 Å². The highest BCUT2D eigenvalue weighted by Crippen LogP contribution is 2.27. The topological polar surface area (TPSA) is 29.1 Å². The second-order valence-electron chi connectivity index (χ2n) is 4.42. The number of amides is 1. The average molecular weight is 232 g/mol. The average Bonchev–Trinajstić information content (AvgIpc) is 2.27. The molecule has 2 nitrogen and oxygen atoms in total.